The van der Waals surface area contributed by atoms with Crippen molar-refractivity contribution in [3.63, 3.8) is 0 Å². The Kier molecular flexibility index (Phi) is 3.17. The predicted octanol–water partition coefficient (Wildman–Crippen LogP) is 2.88. The lowest BCUT2D eigenvalue weighted by molar-refractivity contribution is 0.318. The number of aryl methyl sites for hydroxylation is 1. The average molecular weight is 232 g/mol. The van der Waals surface area contributed by atoms with Crippen molar-refractivity contribution in [1.82, 2.24) is 5.32 Å². The summed E-state index contributed by atoms with van der Waals surface area (Å²) in [5.74, 6) is 0. The van der Waals surface area contributed by atoms with E-state index in [-0.39, 0.29) is 5.54 Å². The molecule has 94 valence electrons. The summed E-state index contributed by atoms with van der Waals surface area (Å²) in [4.78, 5) is 2.54. The number of rotatable bonds is 1. The quantitative estimate of drug-likeness (QED) is 0.801. The van der Waals surface area contributed by atoms with Crippen LogP contribution in [-0.2, 0) is 0 Å². The van der Waals surface area contributed by atoms with Gasteiger partial charge in [-0.3, -0.25) is 0 Å². The topological polar surface area (TPSA) is 15.3 Å². The molecule has 0 spiro atoms. The molecule has 1 aliphatic heterocycles. The summed E-state index contributed by atoms with van der Waals surface area (Å²) in [5.41, 5.74) is 4.39. The third-order valence-electron chi connectivity index (χ3n) is 3.86. The second-order valence-electron chi connectivity index (χ2n) is 5.96. The molecule has 2 rings (SSSR count). The van der Waals surface area contributed by atoms with Crippen molar-refractivity contribution in [2.45, 2.75) is 46.2 Å². The van der Waals surface area contributed by atoms with Crippen LogP contribution >= 0.6 is 0 Å². The Labute approximate surface area is 105 Å². The molecule has 1 heterocycles. The Bertz CT molecular complexity index is 409. The van der Waals surface area contributed by atoms with Gasteiger partial charge in [0.1, 0.15) is 0 Å². The fourth-order valence-corrected chi connectivity index (χ4v) is 2.54. The van der Waals surface area contributed by atoms with Gasteiger partial charge in [0.2, 0.25) is 0 Å². The number of anilines is 1. The number of nitrogens with one attached hydrogen (secondary N) is 1. The van der Waals surface area contributed by atoms with Crippen LogP contribution in [-0.4, -0.2) is 24.7 Å². The maximum absolute atomic E-state index is 3.60. The lowest BCUT2D eigenvalue weighted by atomic mass is 9.97. The van der Waals surface area contributed by atoms with Crippen LogP contribution in [0.25, 0.3) is 0 Å². The van der Waals surface area contributed by atoms with E-state index in [0.717, 1.165) is 13.1 Å². The Balaban J connectivity index is 2.34. The van der Waals surface area contributed by atoms with Gasteiger partial charge in [0.25, 0.3) is 0 Å². The van der Waals surface area contributed by atoms with Gasteiger partial charge >= 0.3 is 0 Å². The van der Waals surface area contributed by atoms with Crippen molar-refractivity contribution in [2.75, 3.05) is 18.0 Å². The van der Waals surface area contributed by atoms with Crippen molar-refractivity contribution in [2.24, 2.45) is 0 Å². The minimum Gasteiger partial charge on any atom is -0.365 e. The second-order valence-corrected chi connectivity index (χ2v) is 5.96. The van der Waals surface area contributed by atoms with E-state index in [1.54, 1.807) is 0 Å². The third kappa shape index (κ3) is 2.47. The van der Waals surface area contributed by atoms with Crippen LogP contribution in [0.4, 0.5) is 5.69 Å². The van der Waals surface area contributed by atoms with Crippen LogP contribution < -0.4 is 10.2 Å². The fourth-order valence-electron chi connectivity index (χ4n) is 2.54. The van der Waals surface area contributed by atoms with Gasteiger partial charge in [-0.1, -0.05) is 12.1 Å². The van der Waals surface area contributed by atoms with Crippen LogP contribution in [0, 0.1) is 13.8 Å². The van der Waals surface area contributed by atoms with Gasteiger partial charge in [0.05, 0.1) is 0 Å². The predicted molar refractivity (Wildman–Crippen MR) is 74.8 cm³/mol. The van der Waals surface area contributed by atoms with Gasteiger partial charge in [-0.25, -0.2) is 0 Å². The minimum atomic E-state index is 0.197. The fraction of sp³-hybridized carbons (Fsp3) is 0.600. The molecule has 1 fully saturated rings. The molecule has 1 atom stereocenters. The van der Waals surface area contributed by atoms with Gasteiger partial charge in [-0.15, -0.1) is 0 Å². The lowest BCUT2D eigenvalue weighted by Crippen LogP contribution is -2.61. The lowest BCUT2D eigenvalue weighted by Gasteiger charge is -2.45. The summed E-state index contributed by atoms with van der Waals surface area (Å²) >= 11 is 0. The molecule has 2 nitrogen and oxygen atoms in total. The maximum Gasteiger partial charge on any atom is 0.0402 e. The van der Waals surface area contributed by atoms with E-state index in [1.807, 2.05) is 0 Å². The number of hydrogen-bond donors (Lipinski definition) is 1. The first-order chi connectivity index (χ1) is 7.91. The van der Waals surface area contributed by atoms with Gasteiger partial charge in [-0.05, 0) is 51.8 Å². The molecule has 0 aromatic heterocycles. The van der Waals surface area contributed by atoms with Crippen molar-refractivity contribution in [3.8, 4) is 0 Å². The summed E-state index contributed by atoms with van der Waals surface area (Å²) < 4.78 is 0. The number of hydrogen-bond acceptors (Lipinski definition) is 2. The number of benzene rings is 1. The summed E-state index contributed by atoms with van der Waals surface area (Å²) in [6.07, 6.45) is 0. The Hall–Kier alpha value is -1.02. The van der Waals surface area contributed by atoms with Crippen LogP contribution in [0.15, 0.2) is 18.2 Å². The third-order valence-corrected chi connectivity index (χ3v) is 3.86. The first-order valence-corrected chi connectivity index (χ1v) is 6.48. The van der Waals surface area contributed by atoms with E-state index >= 15 is 0 Å². The molecule has 1 aromatic rings. The Morgan fingerprint density at radius 2 is 2.00 bits per heavy atom. The molecule has 2 heteroatoms. The molecule has 1 unspecified atom stereocenters. The summed E-state index contributed by atoms with van der Waals surface area (Å²) in [7, 11) is 0. The maximum atomic E-state index is 3.60. The van der Waals surface area contributed by atoms with E-state index in [1.165, 1.54) is 16.8 Å². The normalized spacial score (nSPS) is 23.8. The molecule has 0 radical (unpaired) electrons. The van der Waals surface area contributed by atoms with E-state index in [2.05, 4.69) is 63.0 Å². The zero-order valence-electron chi connectivity index (χ0n) is 11.7. The molecule has 1 aromatic carbocycles. The number of nitrogens with zero attached hydrogens (tertiary/aromatic N) is 1. The van der Waals surface area contributed by atoms with E-state index in [4.69, 9.17) is 0 Å². The van der Waals surface area contributed by atoms with E-state index in [0.29, 0.717) is 6.04 Å². The molecular weight excluding hydrogens is 208 g/mol. The molecule has 0 amide bonds. The van der Waals surface area contributed by atoms with Gasteiger partial charge < -0.3 is 10.2 Å². The summed E-state index contributed by atoms with van der Waals surface area (Å²) in [5, 5.41) is 3.60. The van der Waals surface area contributed by atoms with Crippen molar-refractivity contribution in [1.29, 1.82) is 0 Å². The smallest absolute Gasteiger partial charge is 0.0402 e. The molecule has 1 aliphatic rings. The zero-order chi connectivity index (χ0) is 12.6. The van der Waals surface area contributed by atoms with E-state index < -0.39 is 0 Å². The molecule has 17 heavy (non-hydrogen) atoms. The van der Waals surface area contributed by atoms with Gasteiger partial charge in [0.15, 0.2) is 0 Å². The monoisotopic (exact) mass is 232 g/mol. The molecule has 0 bridgehead atoms. The Morgan fingerprint density at radius 3 is 2.71 bits per heavy atom. The largest absolute Gasteiger partial charge is 0.365 e. The van der Waals surface area contributed by atoms with Crippen LogP contribution in [0.5, 0.6) is 0 Å². The highest BCUT2D eigenvalue weighted by Gasteiger charge is 2.30. The molecular formula is C15H24N2. The van der Waals surface area contributed by atoms with Crippen LogP contribution in [0.3, 0.4) is 0 Å². The SMILES string of the molecule is Cc1cccc(N2CC(C)(C)NCC2C)c1C. The summed E-state index contributed by atoms with van der Waals surface area (Å²) in [6.45, 7) is 13.4. The molecule has 1 saturated heterocycles. The van der Waals surface area contributed by atoms with Crippen LogP contribution in [0.1, 0.15) is 31.9 Å². The minimum absolute atomic E-state index is 0.197. The standard InChI is InChI=1S/C15H24N2/c1-11-7-6-8-14(13(11)3)17-10-15(4,5)16-9-12(17)2/h6-8,12,16H,9-10H2,1-5H3. The summed E-state index contributed by atoms with van der Waals surface area (Å²) in [6, 6.07) is 7.17. The van der Waals surface area contributed by atoms with Crippen LogP contribution in [0.2, 0.25) is 0 Å². The molecule has 0 aliphatic carbocycles. The second kappa shape index (κ2) is 4.34. The van der Waals surface area contributed by atoms with Crippen molar-refractivity contribution < 1.29 is 0 Å². The highest BCUT2D eigenvalue weighted by molar-refractivity contribution is 5.57. The molecule has 0 saturated carbocycles. The zero-order valence-corrected chi connectivity index (χ0v) is 11.7. The highest BCUT2D eigenvalue weighted by atomic mass is 15.2. The van der Waals surface area contributed by atoms with Gasteiger partial charge in [-0.2, -0.15) is 0 Å². The van der Waals surface area contributed by atoms with Crippen molar-refractivity contribution >= 4 is 5.69 Å². The van der Waals surface area contributed by atoms with Crippen molar-refractivity contribution in [3.05, 3.63) is 29.3 Å². The Morgan fingerprint density at radius 1 is 1.29 bits per heavy atom. The number of piperazine rings is 1. The first kappa shape index (κ1) is 12.4. The molecule has 1 N–H and O–H groups in total. The van der Waals surface area contributed by atoms with Gasteiger partial charge in [0, 0.05) is 30.4 Å². The first-order valence-electron chi connectivity index (χ1n) is 6.48. The van der Waals surface area contributed by atoms with E-state index in [9.17, 15) is 0 Å². The highest BCUT2D eigenvalue weighted by Crippen LogP contribution is 2.28. The average Bonchev–Trinajstić information content (AvgIpc) is 2.26.